The van der Waals surface area contributed by atoms with Gasteiger partial charge in [-0.3, -0.25) is 4.79 Å². The van der Waals surface area contributed by atoms with Gasteiger partial charge in [0.2, 0.25) is 0 Å². The third kappa shape index (κ3) is 4.74. The van der Waals surface area contributed by atoms with Gasteiger partial charge in [0.05, 0.1) is 11.7 Å². The largest absolute Gasteiger partial charge is 0.493 e. The zero-order valence-electron chi connectivity index (χ0n) is 13.3. The molecule has 2 rings (SSSR count). The third-order valence-electron chi connectivity index (χ3n) is 3.46. The minimum Gasteiger partial charge on any atom is -0.493 e. The summed E-state index contributed by atoms with van der Waals surface area (Å²) >= 11 is 3.90. The lowest BCUT2D eigenvalue weighted by molar-refractivity contribution is -0.123. The zero-order valence-corrected chi connectivity index (χ0v) is 14.9. The summed E-state index contributed by atoms with van der Waals surface area (Å²) in [5.41, 5.74) is 1.24. The Labute approximate surface area is 140 Å². The van der Waals surface area contributed by atoms with Gasteiger partial charge in [-0.25, -0.2) is 0 Å². The number of hydrogen-bond acceptors (Lipinski definition) is 5. The number of carbonyl (C=O) groups excluding carboxylic acids is 1. The van der Waals surface area contributed by atoms with E-state index in [4.69, 9.17) is 9.47 Å². The van der Waals surface area contributed by atoms with Crippen molar-refractivity contribution in [1.29, 1.82) is 0 Å². The van der Waals surface area contributed by atoms with Gasteiger partial charge in [-0.15, -0.1) is 23.5 Å². The third-order valence-corrected chi connectivity index (χ3v) is 6.56. The molecular weight excluding hydrogens is 318 g/mol. The summed E-state index contributed by atoms with van der Waals surface area (Å²) < 4.78 is 11.5. The average Bonchev–Trinajstić information content (AvgIpc) is 3.07. The standard InChI is InChI=1S/C16H23NO3S2/c1-4-11(2)17-15(18)10-20-13-6-5-12(9-14(13)19-3)16-21-7-8-22-16/h5-6,9,11,16H,4,7-8,10H2,1-3H3,(H,17,18)/t11-/m1/s1. The predicted molar refractivity (Wildman–Crippen MR) is 94.0 cm³/mol. The Hall–Kier alpha value is -1.01. The first-order chi connectivity index (χ1) is 10.6. The molecule has 6 heteroatoms. The molecule has 22 heavy (non-hydrogen) atoms. The van der Waals surface area contributed by atoms with Crippen molar-refractivity contribution < 1.29 is 14.3 Å². The summed E-state index contributed by atoms with van der Waals surface area (Å²) in [7, 11) is 1.63. The molecule has 0 aliphatic carbocycles. The van der Waals surface area contributed by atoms with E-state index in [1.165, 1.54) is 17.1 Å². The SMILES string of the molecule is CC[C@@H](C)NC(=O)COc1ccc(C2SCCS2)cc1OC. The number of benzene rings is 1. The van der Waals surface area contributed by atoms with Crippen LogP contribution in [0.1, 0.15) is 30.4 Å². The lowest BCUT2D eigenvalue weighted by Crippen LogP contribution is -2.35. The van der Waals surface area contributed by atoms with Crippen molar-refractivity contribution in [2.24, 2.45) is 0 Å². The Morgan fingerprint density at radius 2 is 2.09 bits per heavy atom. The monoisotopic (exact) mass is 341 g/mol. The van der Waals surface area contributed by atoms with Gasteiger partial charge in [0.1, 0.15) is 0 Å². The molecule has 1 amide bonds. The number of hydrogen-bond donors (Lipinski definition) is 1. The Bertz CT molecular complexity index is 504. The van der Waals surface area contributed by atoms with Crippen LogP contribution in [0.2, 0.25) is 0 Å². The highest BCUT2D eigenvalue weighted by Gasteiger charge is 2.20. The van der Waals surface area contributed by atoms with E-state index in [1.807, 2.05) is 49.5 Å². The molecule has 1 fully saturated rings. The lowest BCUT2D eigenvalue weighted by Gasteiger charge is -2.15. The van der Waals surface area contributed by atoms with Crippen LogP contribution in [0.4, 0.5) is 0 Å². The number of amides is 1. The fourth-order valence-electron chi connectivity index (χ4n) is 2.06. The van der Waals surface area contributed by atoms with Gasteiger partial charge in [0.15, 0.2) is 18.1 Å². The van der Waals surface area contributed by atoms with Crippen molar-refractivity contribution in [2.45, 2.75) is 30.9 Å². The molecule has 4 nitrogen and oxygen atoms in total. The van der Waals surface area contributed by atoms with Gasteiger partial charge in [0.25, 0.3) is 5.91 Å². The van der Waals surface area contributed by atoms with Crippen LogP contribution in [0.15, 0.2) is 18.2 Å². The second-order valence-corrected chi connectivity index (χ2v) is 7.87. The second-order valence-electron chi connectivity index (χ2n) is 5.15. The molecule has 1 heterocycles. The van der Waals surface area contributed by atoms with Crippen LogP contribution in [0.3, 0.4) is 0 Å². The Balaban J connectivity index is 1.97. The van der Waals surface area contributed by atoms with Crippen LogP contribution in [-0.4, -0.2) is 37.2 Å². The van der Waals surface area contributed by atoms with Gasteiger partial charge in [-0.1, -0.05) is 13.0 Å². The van der Waals surface area contributed by atoms with Gasteiger partial charge in [-0.05, 0) is 31.0 Å². The van der Waals surface area contributed by atoms with E-state index in [9.17, 15) is 4.79 Å². The van der Waals surface area contributed by atoms with Crippen molar-refractivity contribution >= 4 is 29.4 Å². The zero-order chi connectivity index (χ0) is 15.9. The van der Waals surface area contributed by atoms with Crippen LogP contribution < -0.4 is 14.8 Å². The maximum absolute atomic E-state index is 11.8. The van der Waals surface area contributed by atoms with Crippen molar-refractivity contribution in [3.05, 3.63) is 23.8 Å². The smallest absolute Gasteiger partial charge is 0.258 e. The topological polar surface area (TPSA) is 47.6 Å². The molecule has 1 aromatic rings. The number of ether oxygens (including phenoxy) is 2. The lowest BCUT2D eigenvalue weighted by atomic mass is 10.2. The Kier molecular flexibility index (Phi) is 6.76. The maximum Gasteiger partial charge on any atom is 0.258 e. The molecule has 0 spiro atoms. The summed E-state index contributed by atoms with van der Waals surface area (Å²) in [4.78, 5) is 11.8. The van der Waals surface area contributed by atoms with E-state index in [0.717, 1.165) is 6.42 Å². The number of rotatable bonds is 7. The first-order valence-electron chi connectivity index (χ1n) is 7.47. The fourth-order valence-corrected chi connectivity index (χ4v) is 4.90. The Morgan fingerprint density at radius 3 is 2.73 bits per heavy atom. The predicted octanol–water partition coefficient (Wildman–Crippen LogP) is 3.47. The Morgan fingerprint density at radius 1 is 1.36 bits per heavy atom. The van der Waals surface area contributed by atoms with Crippen LogP contribution in [0.5, 0.6) is 11.5 Å². The molecule has 1 aliphatic rings. The number of thioether (sulfide) groups is 2. The van der Waals surface area contributed by atoms with Crippen LogP contribution in [0, 0.1) is 0 Å². The van der Waals surface area contributed by atoms with E-state index < -0.39 is 0 Å². The number of nitrogens with one attached hydrogen (secondary N) is 1. The van der Waals surface area contributed by atoms with Gasteiger partial charge >= 0.3 is 0 Å². The van der Waals surface area contributed by atoms with Gasteiger partial charge in [-0.2, -0.15) is 0 Å². The molecule has 0 aromatic heterocycles. The van der Waals surface area contributed by atoms with Crippen molar-refractivity contribution in [3.63, 3.8) is 0 Å². The minimum atomic E-state index is -0.109. The fraction of sp³-hybridized carbons (Fsp3) is 0.562. The second kappa shape index (κ2) is 8.58. The van der Waals surface area contributed by atoms with E-state index in [1.54, 1.807) is 7.11 Å². The maximum atomic E-state index is 11.8. The molecule has 1 N–H and O–H groups in total. The van der Waals surface area contributed by atoms with Crippen molar-refractivity contribution in [1.82, 2.24) is 5.32 Å². The van der Waals surface area contributed by atoms with Gasteiger partial charge in [0, 0.05) is 17.5 Å². The molecular formula is C16H23NO3S2. The molecule has 0 bridgehead atoms. The summed E-state index contributed by atoms with van der Waals surface area (Å²) in [6.07, 6.45) is 0.903. The van der Waals surface area contributed by atoms with Crippen LogP contribution in [0.25, 0.3) is 0 Å². The molecule has 0 radical (unpaired) electrons. The van der Waals surface area contributed by atoms with E-state index >= 15 is 0 Å². The molecule has 0 saturated carbocycles. The van der Waals surface area contributed by atoms with Crippen LogP contribution in [-0.2, 0) is 4.79 Å². The summed E-state index contributed by atoms with van der Waals surface area (Å²) in [6.45, 7) is 4.02. The number of carbonyl (C=O) groups is 1. The molecule has 1 aromatic carbocycles. The van der Waals surface area contributed by atoms with E-state index in [0.29, 0.717) is 16.1 Å². The summed E-state index contributed by atoms with van der Waals surface area (Å²) in [6, 6.07) is 6.12. The minimum absolute atomic E-state index is 0.00692. The van der Waals surface area contributed by atoms with Crippen molar-refractivity contribution in [2.75, 3.05) is 25.2 Å². The van der Waals surface area contributed by atoms with Crippen molar-refractivity contribution in [3.8, 4) is 11.5 Å². The molecule has 1 saturated heterocycles. The first kappa shape index (κ1) is 17.3. The highest BCUT2D eigenvalue weighted by atomic mass is 32.2. The van der Waals surface area contributed by atoms with E-state index in [2.05, 4.69) is 11.4 Å². The summed E-state index contributed by atoms with van der Waals surface area (Å²) in [5, 5.41) is 2.88. The molecule has 1 aliphatic heterocycles. The van der Waals surface area contributed by atoms with Crippen LogP contribution >= 0.6 is 23.5 Å². The highest BCUT2D eigenvalue weighted by molar-refractivity contribution is 8.19. The average molecular weight is 341 g/mol. The normalized spacial score (nSPS) is 16.3. The number of methoxy groups -OCH3 is 1. The summed E-state index contributed by atoms with van der Waals surface area (Å²) in [5.74, 6) is 3.56. The molecule has 1 atom stereocenters. The first-order valence-corrected chi connectivity index (χ1v) is 9.57. The highest BCUT2D eigenvalue weighted by Crippen LogP contribution is 2.46. The van der Waals surface area contributed by atoms with Gasteiger partial charge < -0.3 is 14.8 Å². The molecule has 122 valence electrons. The quantitative estimate of drug-likeness (QED) is 0.823. The van der Waals surface area contributed by atoms with E-state index in [-0.39, 0.29) is 18.6 Å². The molecule has 0 unspecified atom stereocenters.